The number of aromatic hydroxyl groups is 1. The minimum atomic E-state index is -0.454. The SMILES string of the molecule is Cc1c(CCC(=O)N2CCN(c3cccc(Cl)c3)CC2)c(=O)oc2cc(O)ccc12. The molecule has 7 heteroatoms. The van der Waals surface area contributed by atoms with E-state index < -0.39 is 5.63 Å². The number of carbonyl (C=O) groups excluding carboxylic acids is 1. The van der Waals surface area contributed by atoms with Crippen molar-refractivity contribution < 1.29 is 14.3 Å². The van der Waals surface area contributed by atoms with Crippen LogP contribution in [-0.2, 0) is 11.2 Å². The van der Waals surface area contributed by atoms with E-state index in [2.05, 4.69) is 4.90 Å². The van der Waals surface area contributed by atoms with E-state index in [-0.39, 0.29) is 18.1 Å². The number of hydrogen-bond donors (Lipinski definition) is 1. The second-order valence-electron chi connectivity index (χ2n) is 7.52. The summed E-state index contributed by atoms with van der Waals surface area (Å²) in [4.78, 5) is 29.2. The number of piperazine rings is 1. The summed E-state index contributed by atoms with van der Waals surface area (Å²) >= 11 is 6.08. The minimum absolute atomic E-state index is 0.0327. The zero-order valence-corrected chi connectivity index (χ0v) is 17.5. The van der Waals surface area contributed by atoms with Crippen molar-refractivity contribution in [2.45, 2.75) is 19.8 Å². The van der Waals surface area contributed by atoms with Crippen molar-refractivity contribution in [2.75, 3.05) is 31.1 Å². The van der Waals surface area contributed by atoms with E-state index in [1.807, 2.05) is 36.1 Å². The van der Waals surface area contributed by atoms with Crippen LogP contribution >= 0.6 is 11.6 Å². The van der Waals surface area contributed by atoms with Gasteiger partial charge in [0, 0.05) is 60.3 Å². The maximum Gasteiger partial charge on any atom is 0.339 e. The highest BCUT2D eigenvalue weighted by atomic mass is 35.5. The first-order chi connectivity index (χ1) is 14.4. The summed E-state index contributed by atoms with van der Waals surface area (Å²) in [6.45, 7) is 4.60. The molecule has 0 radical (unpaired) electrons. The second-order valence-corrected chi connectivity index (χ2v) is 7.96. The maximum atomic E-state index is 12.7. The van der Waals surface area contributed by atoms with Crippen molar-refractivity contribution in [1.82, 2.24) is 4.90 Å². The molecule has 3 aromatic rings. The van der Waals surface area contributed by atoms with Crippen LogP contribution in [0.5, 0.6) is 5.75 Å². The highest BCUT2D eigenvalue weighted by molar-refractivity contribution is 6.30. The average molecular weight is 427 g/mol. The van der Waals surface area contributed by atoms with Crippen molar-refractivity contribution in [2.24, 2.45) is 0 Å². The van der Waals surface area contributed by atoms with Crippen LogP contribution in [0.15, 0.2) is 51.7 Å². The summed E-state index contributed by atoms with van der Waals surface area (Å²) in [6, 6.07) is 12.4. The first-order valence-corrected chi connectivity index (χ1v) is 10.3. The van der Waals surface area contributed by atoms with Crippen LogP contribution in [0.2, 0.25) is 5.02 Å². The molecule has 1 fully saturated rings. The predicted octanol–water partition coefficient (Wildman–Crippen LogP) is 3.74. The van der Waals surface area contributed by atoms with Gasteiger partial charge in [-0.15, -0.1) is 0 Å². The molecule has 1 aromatic heterocycles. The molecule has 30 heavy (non-hydrogen) atoms. The normalized spacial score (nSPS) is 14.3. The third-order valence-corrected chi connectivity index (χ3v) is 5.90. The van der Waals surface area contributed by atoms with Crippen LogP contribution in [0.25, 0.3) is 11.0 Å². The van der Waals surface area contributed by atoms with Crippen molar-refractivity contribution in [3.8, 4) is 5.75 Å². The van der Waals surface area contributed by atoms with Gasteiger partial charge in [-0.2, -0.15) is 0 Å². The van der Waals surface area contributed by atoms with Crippen LogP contribution in [-0.4, -0.2) is 42.1 Å². The van der Waals surface area contributed by atoms with E-state index in [9.17, 15) is 14.7 Å². The monoisotopic (exact) mass is 426 g/mol. The number of benzene rings is 2. The number of fused-ring (bicyclic) bond motifs is 1. The Balaban J connectivity index is 1.40. The molecule has 6 nitrogen and oxygen atoms in total. The number of aryl methyl sites for hydroxylation is 1. The van der Waals surface area contributed by atoms with Crippen LogP contribution in [0.1, 0.15) is 17.5 Å². The van der Waals surface area contributed by atoms with E-state index >= 15 is 0 Å². The van der Waals surface area contributed by atoms with Gasteiger partial charge in [0.25, 0.3) is 0 Å². The smallest absolute Gasteiger partial charge is 0.339 e. The lowest BCUT2D eigenvalue weighted by atomic mass is 10.0. The minimum Gasteiger partial charge on any atom is -0.508 e. The molecule has 0 saturated carbocycles. The Morgan fingerprint density at radius 1 is 1.13 bits per heavy atom. The zero-order chi connectivity index (χ0) is 21.3. The van der Waals surface area contributed by atoms with Gasteiger partial charge in [0.1, 0.15) is 11.3 Å². The Labute approximate surface area is 179 Å². The summed E-state index contributed by atoms with van der Waals surface area (Å²) in [7, 11) is 0. The van der Waals surface area contributed by atoms with Gasteiger partial charge >= 0.3 is 5.63 Å². The Bertz CT molecular complexity index is 1150. The summed E-state index contributed by atoms with van der Waals surface area (Å²) in [5, 5.41) is 11.1. The van der Waals surface area contributed by atoms with Gasteiger partial charge in [-0.25, -0.2) is 4.79 Å². The van der Waals surface area contributed by atoms with Gasteiger partial charge in [-0.3, -0.25) is 4.79 Å². The number of anilines is 1. The molecule has 2 heterocycles. The molecular formula is C23H23ClN2O4. The van der Waals surface area contributed by atoms with Gasteiger partial charge < -0.3 is 19.3 Å². The molecule has 1 saturated heterocycles. The van der Waals surface area contributed by atoms with Crippen LogP contribution in [0.4, 0.5) is 5.69 Å². The highest BCUT2D eigenvalue weighted by Gasteiger charge is 2.22. The molecule has 1 aliphatic heterocycles. The Morgan fingerprint density at radius 3 is 2.63 bits per heavy atom. The predicted molar refractivity (Wildman–Crippen MR) is 117 cm³/mol. The fraction of sp³-hybridized carbons (Fsp3) is 0.304. The average Bonchev–Trinajstić information content (AvgIpc) is 2.73. The molecule has 1 amide bonds. The van der Waals surface area contributed by atoms with E-state index in [1.54, 1.807) is 12.1 Å². The van der Waals surface area contributed by atoms with Crippen LogP contribution < -0.4 is 10.5 Å². The fourth-order valence-corrected chi connectivity index (χ4v) is 4.13. The van der Waals surface area contributed by atoms with Gasteiger partial charge in [0.2, 0.25) is 5.91 Å². The van der Waals surface area contributed by atoms with Gasteiger partial charge in [-0.1, -0.05) is 17.7 Å². The van der Waals surface area contributed by atoms with E-state index in [4.69, 9.17) is 16.0 Å². The highest BCUT2D eigenvalue weighted by Crippen LogP contribution is 2.24. The number of halogens is 1. The number of amides is 1. The molecule has 1 aliphatic rings. The number of phenolic OH excluding ortho intramolecular Hbond substituents is 1. The Morgan fingerprint density at radius 2 is 1.90 bits per heavy atom. The maximum absolute atomic E-state index is 12.7. The third kappa shape index (κ3) is 4.14. The summed E-state index contributed by atoms with van der Waals surface area (Å²) in [5.41, 5.74) is 2.26. The van der Waals surface area contributed by atoms with Crippen molar-refractivity contribution in [3.63, 3.8) is 0 Å². The number of hydrogen-bond acceptors (Lipinski definition) is 5. The van der Waals surface area contributed by atoms with Gasteiger partial charge in [-0.05, 0) is 49.2 Å². The lowest BCUT2D eigenvalue weighted by molar-refractivity contribution is -0.131. The first kappa shape index (κ1) is 20.3. The van der Waals surface area contributed by atoms with Crippen molar-refractivity contribution >= 4 is 34.2 Å². The summed E-state index contributed by atoms with van der Waals surface area (Å²) in [6.07, 6.45) is 0.588. The number of phenols is 1. The molecule has 156 valence electrons. The molecule has 0 atom stereocenters. The number of carbonyl (C=O) groups is 1. The molecule has 4 rings (SSSR count). The molecule has 2 aromatic carbocycles. The first-order valence-electron chi connectivity index (χ1n) is 9.96. The summed E-state index contributed by atoms with van der Waals surface area (Å²) in [5.74, 6) is 0.0789. The van der Waals surface area contributed by atoms with Gasteiger partial charge in [0.05, 0.1) is 0 Å². The van der Waals surface area contributed by atoms with Crippen LogP contribution in [0.3, 0.4) is 0 Å². The molecule has 0 spiro atoms. The van der Waals surface area contributed by atoms with Crippen molar-refractivity contribution in [1.29, 1.82) is 0 Å². The van der Waals surface area contributed by atoms with E-state index in [0.29, 0.717) is 35.7 Å². The molecule has 0 aliphatic carbocycles. The number of rotatable bonds is 4. The van der Waals surface area contributed by atoms with Crippen molar-refractivity contribution in [3.05, 3.63) is 69.0 Å². The quantitative estimate of drug-likeness (QED) is 0.643. The largest absolute Gasteiger partial charge is 0.508 e. The van der Waals surface area contributed by atoms with Crippen LogP contribution in [0, 0.1) is 6.92 Å². The number of nitrogens with zero attached hydrogens (tertiary/aromatic N) is 2. The Hall–Kier alpha value is -2.99. The fourth-order valence-electron chi connectivity index (χ4n) is 3.95. The Kier molecular flexibility index (Phi) is 5.68. The standard InChI is InChI=1S/C23H23ClN2O4/c1-15-19-6-5-18(27)14-21(19)30-23(29)20(15)7-8-22(28)26-11-9-25(10-12-26)17-4-2-3-16(24)13-17/h2-6,13-14,27H,7-12H2,1H3. The third-order valence-electron chi connectivity index (χ3n) is 5.67. The van der Waals surface area contributed by atoms with E-state index in [1.165, 1.54) is 6.07 Å². The second kappa shape index (κ2) is 8.40. The lowest BCUT2D eigenvalue weighted by Crippen LogP contribution is -2.48. The topological polar surface area (TPSA) is 74.0 Å². The zero-order valence-electron chi connectivity index (χ0n) is 16.7. The molecular weight excluding hydrogens is 404 g/mol. The molecule has 0 unspecified atom stereocenters. The lowest BCUT2D eigenvalue weighted by Gasteiger charge is -2.36. The van der Waals surface area contributed by atoms with Gasteiger partial charge in [0.15, 0.2) is 0 Å². The van der Waals surface area contributed by atoms with E-state index in [0.717, 1.165) is 29.7 Å². The molecule has 1 N–H and O–H groups in total. The molecule has 0 bridgehead atoms. The summed E-state index contributed by atoms with van der Waals surface area (Å²) < 4.78 is 5.35.